The second-order valence-electron chi connectivity index (χ2n) is 4.89. The molecule has 0 N–H and O–H groups in total. The second-order valence-corrected chi connectivity index (χ2v) is 4.89. The van der Waals surface area contributed by atoms with Crippen molar-refractivity contribution in [1.29, 1.82) is 0 Å². The number of hydrogen-bond acceptors (Lipinski definition) is 3. The highest BCUT2D eigenvalue weighted by atomic mass is 16.5. The third-order valence-electron chi connectivity index (χ3n) is 3.54. The summed E-state index contributed by atoms with van der Waals surface area (Å²) in [6.07, 6.45) is 8.53. The van der Waals surface area contributed by atoms with Crippen LogP contribution in [0.1, 0.15) is 51.4 Å². The fraction of sp³-hybridized carbons (Fsp3) is 0.923. The number of carbonyl (C=O) groups excluding carboxylic acids is 1. The van der Waals surface area contributed by atoms with Crippen LogP contribution < -0.4 is 0 Å². The first-order valence-electron chi connectivity index (χ1n) is 6.59. The van der Waals surface area contributed by atoms with Crippen molar-refractivity contribution in [3.63, 3.8) is 0 Å². The molecule has 3 nitrogen and oxygen atoms in total. The zero-order valence-corrected chi connectivity index (χ0v) is 9.95. The Morgan fingerprint density at radius 1 is 0.938 bits per heavy atom. The molecule has 0 unspecified atom stereocenters. The van der Waals surface area contributed by atoms with Crippen LogP contribution in [-0.2, 0) is 14.3 Å². The molecule has 2 heterocycles. The lowest BCUT2D eigenvalue weighted by molar-refractivity contribution is -0.120. The first kappa shape index (κ1) is 12.1. The molecule has 0 aromatic rings. The first-order valence-corrected chi connectivity index (χ1v) is 6.59. The topological polar surface area (TPSA) is 35.5 Å². The highest BCUT2D eigenvalue weighted by Crippen LogP contribution is 2.20. The molecule has 0 aliphatic carbocycles. The molecule has 0 saturated carbocycles. The van der Waals surface area contributed by atoms with Crippen molar-refractivity contribution in [2.45, 2.75) is 63.6 Å². The van der Waals surface area contributed by atoms with E-state index < -0.39 is 0 Å². The molecule has 0 radical (unpaired) electrons. The van der Waals surface area contributed by atoms with Crippen molar-refractivity contribution in [3.8, 4) is 0 Å². The molecule has 2 aliphatic rings. The van der Waals surface area contributed by atoms with E-state index >= 15 is 0 Å². The predicted molar refractivity (Wildman–Crippen MR) is 61.4 cm³/mol. The third-order valence-corrected chi connectivity index (χ3v) is 3.54. The van der Waals surface area contributed by atoms with E-state index in [4.69, 9.17) is 9.47 Å². The molecule has 16 heavy (non-hydrogen) atoms. The van der Waals surface area contributed by atoms with Crippen molar-refractivity contribution in [2.24, 2.45) is 0 Å². The summed E-state index contributed by atoms with van der Waals surface area (Å²) in [5.74, 6) is 0.381. The van der Waals surface area contributed by atoms with Crippen LogP contribution in [0.25, 0.3) is 0 Å². The van der Waals surface area contributed by atoms with Crippen LogP contribution in [-0.4, -0.2) is 31.2 Å². The van der Waals surface area contributed by atoms with E-state index in [0.29, 0.717) is 30.8 Å². The van der Waals surface area contributed by atoms with Gasteiger partial charge in [0.1, 0.15) is 5.78 Å². The first-order chi connectivity index (χ1) is 7.84. The lowest BCUT2D eigenvalue weighted by atomic mass is 10.0. The highest BCUT2D eigenvalue weighted by Gasteiger charge is 2.19. The van der Waals surface area contributed by atoms with Gasteiger partial charge in [-0.05, 0) is 38.5 Å². The minimum Gasteiger partial charge on any atom is -0.378 e. The molecular formula is C13H22O3. The number of rotatable bonds is 6. The fourth-order valence-electron chi connectivity index (χ4n) is 2.51. The fourth-order valence-corrected chi connectivity index (χ4v) is 2.51. The zero-order chi connectivity index (χ0) is 11.2. The van der Waals surface area contributed by atoms with E-state index in [-0.39, 0.29) is 0 Å². The Morgan fingerprint density at radius 2 is 1.44 bits per heavy atom. The Bertz CT molecular complexity index is 193. The Labute approximate surface area is 97.5 Å². The molecule has 0 aromatic heterocycles. The van der Waals surface area contributed by atoms with Crippen molar-refractivity contribution in [2.75, 3.05) is 13.2 Å². The maximum Gasteiger partial charge on any atom is 0.133 e. The molecule has 0 bridgehead atoms. The third kappa shape index (κ3) is 3.87. The number of ether oxygens (including phenoxy) is 2. The summed E-state index contributed by atoms with van der Waals surface area (Å²) in [4.78, 5) is 11.6. The minimum absolute atomic E-state index is 0.353. The molecule has 2 saturated heterocycles. The van der Waals surface area contributed by atoms with E-state index in [1.54, 1.807) is 0 Å². The van der Waals surface area contributed by atoms with Gasteiger partial charge in [0.25, 0.3) is 0 Å². The lowest BCUT2D eigenvalue weighted by Crippen LogP contribution is -2.11. The minimum atomic E-state index is 0.353. The van der Waals surface area contributed by atoms with Gasteiger partial charge in [0, 0.05) is 26.1 Å². The molecule has 2 fully saturated rings. The molecule has 2 atom stereocenters. The molecule has 2 rings (SSSR count). The Hall–Kier alpha value is -0.410. The van der Waals surface area contributed by atoms with Crippen LogP contribution in [0.5, 0.6) is 0 Å². The largest absolute Gasteiger partial charge is 0.378 e. The van der Waals surface area contributed by atoms with Crippen LogP contribution in [0.15, 0.2) is 0 Å². The van der Waals surface area contributed by atoms with Gasteiger partial charge in [0.2, 0.25) is 0 Å². The van der Waals surface area contributed by atoms with Crippen molar-refractivity contribution < 1.29 is 14.3 Å². The molecule has 0 spiro atoms. The summed E-state index contributed by atoms with van der Waals surface area (Å²) in [5.41, 5.74) is 0. The number of ketones is 1. The number of hydrogen-bond donors (Lipinski definition) is 0. The molecule has 0 amide bonds. The molecule has 2 aliphatic heterocycles. The van der Waals surface area contributed by atoms with Gasteiger partial charge in [0.15, 0.2) is 0 Å². The Balaban J connectivity index is 1.53. The molecule has 92 valence electrons. The summed E-state index contributed by atoms with van der Waals surface area (Å²) < 4.78 is 11.0. The average molecular weight is 226 g/mol. The van der Waals surface area contributed by atoms with E-state index in [1.165, 1.54) is 0 Å². The maximum absolute atomic E-state index is 11.6. The van der Waals surface area contributed by atoms with E-state index in [2.05, 4.69) is 0 Å². The van der Waals surface area contributed by atoms with Gasteiger partial charge in [0.05, 0.1) is 12.2 Å². The number of Topliss-reactive ketones (excluding diaryl/α,β-unsaturated/α-hetero) is 1. The van der Waals surface area contributed by atoms with Crippen LogP contribution >= 0.6 is 0 Å². The van der Waals surface area contributed by atoms with Crippen LogP contribution in [0, 0.1) is 0 Å². The molecule has 0 aromatic carbocycles. The smallest absolute Gasteiger partial charge is 0.133 e. The monoisotopic (exact) mass is 226 g/mol. The summed E-state index contributed by atoms with van der Waals surface area (Å²) in [6.45, 7) is 1.77. The predicted octanol–water partition coefficient (Wildman–Crippen LogP) is 2.47. The normalized spacial score (nSPS) is 29.8. The molecular weight excluding hydrogens is 204 g/mol. The van der Waals surface area contributed by atoms with Gasteiger partial charge in [-0.25, -0.2) is 0 Å². The van der Waals surface area contributed by atoms with E-state index in [9.17, 15) is 4.79 Å². The number of carbonyl (C=O) groups is 1. The Kier molecular flexibility index (Phi) is 4.79. The summed E-state index contributed by atoms with van der Waals surface area (Å²) in [5, 5.41) is 0. The van der Waals surface area contributed by atoms with Gasteiger partial charge >= 0.3 is 0 Å². The second kappa shape index (κ2) is 6.36. The van der Waals surface area contributed by atoms with Crippen LogP contribution in [0.3, 0.4) is 0 Å². The molecule has 3 heteroatoms. The average Bonchev–Trinajstić information content (AvgIpc) is 2.96. The van der Waals surface area contributed by atoms with Crippen LogP contribution in [0.4, 0.5) is 0 Å². The van der Waals surface area contributed by atoms with E-state index in [0.717, 1.165) is 51.7 Å². The summed E-state index contributed by atoms with van der Waals surface area (Å²) >= 11 is 0. The van der Waals surface area contributed by atoms with Crippen molar-refractivity contribution in [3.05, 3.63) is 0 Å². The highest BCUT2D eigenvalue weighted by molar-refractivity contribution is 5.78. The van der Waals surface area contributed by atoms with Gasteiger partial charge < -0.3 is 9.47 Å². The van der Waals surface area contributed by atoms with Crippen LogP contribution in [0.2, 0.25) is 0 Å². The SMILES string of the molecule is O=C(CC[C@@H]1CCCO1)CC[C@@H]1CCCO1. The standard InChI is InChI=1S/C13H22O3/c14-11(5-7-12-3-1-9-15-12)6-8-13-4-2-10-16-13/h12-13H,1-10H2/t12-,13-/m0/s1. The summed E-state index contributed by atoms with van der Waals surface area (Å²) in [7, 11) is 0. The van der Waals surface area contributed by atoms with Crippen molar-refractivity contribution >= 4 is 5.78 Å². The maximum atomic E-state index is 11.6. The lowest BCUT2D eigenvalue weighted by Gasteiger charge is -2.10. The van der Waals surface area contributed by atoms with Gasteiger partial charge in [-0.2, -0.15) is 0 Å². The van der Waals surface area contributed by atoms with Gasteiger partial charge in [-0.15, -0.1) is 0 Å². The summed E-state index contributed by atoms with van der Waals surface area (Å²) in [6, 6.07) is 0. The van der Waals surface area contributed by atoms with Gasteiger partial charge in [-0.3, -0.25) is 4.79 Å². The van der Waals surface area contributed by atoms with Crippen molar-refractivity contribution in [1.82, 2.24) is 0 Å². The Morgan fingerprint density at radius 3 is 1.81 bits per heavy atom. The van der Waals surface area contributed by atoms with Gasteiger partial charge in [-0.1, -0.05) is 0 Å². The quantitative estimate of drug-likeness (QED) is 0.698. The van der Waals surface area contributed by atoms with E-state index in [1.807, 2.05) is 0 Å². The zero-order valence-electron chi connectivity index (χ0n) is 9.95.